The molecular weight excluding hydrogens is 335 g/mol. The molecule has 0 aromatic heterocycles. The number of hydrogen-bond donors (Lipinski definition) is 0. The Bertz CT molecular complexity index is 553. The Morgan fingerprint density at radius 1 is 1.12 bits per heavy atom. The van der Waals surface area contributed by atoms with Crippen LogP contribution in [0.4, 0.5) is 4.39 Å². The Hall–Kier alpha value is -1.46. The Balaban J connectivity index is 1.85. The molecule has 26 heavy (non-hydrogen) atoms. The van der Waals surface area contributed by atoms with E-state index in [1.54, 1.807) is 12.1 Å². The average Bonchev–Trinajstić information content (AvgIpc) is 2.66. The van der Waals surface area contributed by atoms with Crippen LogP contribution in [0.1, 0.15) is 81.0 Å². The number of halogens is 1. The van der Waals surface area contributed by atoms with Gasteiger partial charge in [-0.1, -0.05) is 52.0 Å². The zero-order valence-corrected chi connectivity index (χ0v) is 16.0. The van der Waals surface area contributed by atoms with Crippen LogP contribution < -0.4 is 0 Å². The van der Waals surface area contributed by atoms with E-state index in [1.165, 1.54) is 25.3 Å². The van der Waals surface area contributed by atoms with Crippen molar-refractivity contribution >= 4 is 5.97 Å². The number of esters is 1. The predicted molar refractivity (Wildman–Crippen MR) is 98.5 cm³/mol. The summed E-state index contributed by atoms with van der Waals surface area (Å²) in [7, 11) is 0. The van der Waals surface area contributed by atoms with Crippen molar-refractivity contribution in [3.05, 3.63) is 35.1 Å². The summed E-state index contributed by atoms with van der Waals surface area (Å²) in [6, 6.07) is 4.33. The number of unbranched alkanes of at least 4 members (excludes halogenated alkanes) is 4. The van der Waals surface area contributed by atoms with Crippen LogP contribution in [-0.4, -0.2) is 25.8 Å². The molecule has 0 aliphatic carbocycles. The van der Waals surface area contributed by atoms with Crippen molar-refractivity contribution in [1.82, 2.24) is 0 Å². The maximum atomic E-state index is 14.4. The molecule has 5 heteroatoms. The van der Waals surface area contributed by atoms with E-state index in [0.717, 1.165) is 25.7 Å². The lowest BCUT2D eigenvalue weighted by molar-refractivity contribution is -0.207. The molecule has 0 radical (unpaired) electrons. The second-order valence-electron chi connectivity index (χ2n) is 6.94. The smallest absolute Gasteiger partial charge is 0.338 e. The van der Waals surface area contributed by atoms with Crippen molar-refractivity contribution in [2.75, 3.05) is 19.8 Å². The summed E-state index contributed by atoms with van der Waals surface area (Å²) in [4.78, 5) is 12.0. The van der Waals surface area contributed by atoms with Crippen molar-refractivity contribution in [2.45, 2.75) is 65.1 Å². The van der Waals surface area contributed by atoms with Crippen molar-refractivity contribution in [2.24, 2.45) is 5.92 Å². The maximum absolute atomic E-state index is 14.4. The van der Waals surface area contributed by atoms with Crippen LogP contribution in [0, 0.1) is 11.7 Å². The van der Waals surface area contributed by atoms with Gasteiger partial charge < -0.3 is 14.2 Å². The van der Waals surface area contributed by atoms with Crippen LogP contribution in [0.25, 0.3) is 0 Å². The highest BCUT2D eigenvalue weighted by atomic mass is 19.1. The highest BCUT2D eigenvalue weighted by molar-refractivity contribution is 5.89. The van der Waals surface area contributed by atoms with E-state index in [0.29, 0.717) is 31.3 Å². The second-order valence-corrected chi connectivity index (χ2v) is 6.94. The quantitative estimate of drug-likeness (QED) is 0.410. The monoisotopic (exact) mass is 366 g/mol. The first-order valence-electron chi connectivity index (χ1n) is 9.85. The lowest BCUT2D eigenvalue weighted by Gasteiger charge is -2.29. The first-order valence-corrected chi connectivity index (χ1v) is 9.85. The molecule has 0 amide bonds. The average molecular weight is 366 g/mol. The fourth-order valence-electron chi connectivity index (χ4n) is 3.02. The summed E-state index contributed by atoms with van der Waals surface area (Å²) in [6.07, 6.45) is 6.84. The SMILES string of the molecule is CCCCCOC(=O)c1ccc(C2OCC(CCCCC)CO2)c(F)c1. The van der Waals surface area contributed by atoms with E-state index in [4.69, 9.17) is 14.2 Å². The van der Waals surface area contributed by atoms with Crippen molar-refractivity contribution in [3.63, 3.8) is 0 Å². The summed E-state index contributed by atoms with van der Waals surface area (Å²) in [5, 5.41) is 0. The third-order valence-corrected chi connectivity index (χ3v) is 4.65. The molecule has 1 fully saturated rings. The van der Waals surface area contributed by atoms with Gasteiger partial charge in [0, 0.05) is 11.5 Å². The van der Waals surface area contributed by atoms with Gasteiger partial charge in [-0.3, -0.25) is 0 Å². The molecule has 1 aliphatic heterocycles. The fraction of sp³-hybridized carbons (Fsp3) is 0.667. The molecular formula is C21H31FO4. The van der Waals surface area contributed by atoms with Crippen molar-refractivity contribution in [1.29, 1.82) is 0 Å². The van der Waals surface area contributed by atoms with Crippen LogP contribution in [0.2, 0.25) is 0 Å². The Morgan fingerprint density at radius 2 is 1.81 bits per heavy atom. The first-order chi connectivity index (χ1) is 12.7. The first kappa shape index (κ1) is 20.8. The summed E-state index contributed by atoms with van der Waals surface area (Å²) in [5.41, 5.74) is 0.551. The number of rotatable bonds is 10. The van der Waals surface area contributed by atoms with Gasteiger partial charge in [-0.25, -0.2) is 9.18 Å². The van der Waals surface area contributed by atoms with E-state index < -0.39 is 18.1 Å². The summed E-state index contributed by atoms with van der Waals surface area (Å²) in [5.74, 6) is -0.617. The molecule has 146 valence electrons. The molecule has 1 aromatic carbocycles. The summed E-state index contributed by atoms with van der Waals surface area (Å²) >= 11 is 0. The number of hydrogen-bond acceptors (Lipinski definition) is 4. The number of benzene rings is 1. The van der Waals surface area contributed by atoms with Gasteiger partial charge in [-0.2, -0.15) is 0 Å². The van der Waals surface area contributed by atoms with Crippen LogP contribution in [0.3, 0.4) is 0 Å². The minimum Gasteiger partial charge on any atom is -0.462 e. The van der Waals surface area contributed by atoms with Crippen LogP contribution in [-0.2, 0) is 14.2 Å². The largest absolute Gasteiger partial charge is 0.462 e. The van der Waals surface area contributed by atoms with Gasteiger partial charge in [0.05, 0.1) is 25.4 Å². The van der Waals surface area contributed by atoms with E-state index in [9.17, 15) is 9.18 Å². The van der Waals surface area contributed by atoms with Gasteiger partial charge >= 0.3 is 5.97 Å². The van der Waals surface area contributed by atoms with Crippen LogP contribution in [0.5, 0.6) is 0 Å². The van der Waals surface area contributed by atoms with E-state index in [2.05, 4.69) is 13.8 Å². The maximum Gasteiger partial charge on any atom is 0.338 e. The van der Waals surface area contributed by atoms with Crippen LogP contribution >= 0.6 is 0 Å². The third-order valence-electron chi connectivity index (χ3n) is 4.65. The Morgan fingerprint density at radius 3 is 2.46 bits per heavy atom. The topological polar surface area (TPSA) is 44.8 Å². The lowest BCUT2D eigenvalue weighted by Crippen LogP contribution is -2.27. The van der Waals surface area contributed by atoms with Gasteiger partial charge in [0.2, 0.25) is 0 Å². The zero-order valence-electron chi connectivity index (χ0n) is 16.0. The van der Waals surface area contributed by atoms with E-state index >= 15 is 0 Å². The third kappa shape index (κ3) is 6.36. The molecule has 1 saturated heterocycles. The molecule has 0 spiro atoms. The number of carbonyl (C=O) groups excluding carboxylic acids is 1. The molecule has 0 N–H and O–H groups in total. The Kier molecular flexibility index (Phi) is 9.06. The molecule has 1 aromatic rings. The predicted octanol–water partition coefficient (Wildman–Crippen LogP) is 5.41. The van der Waals surface area contributed by atoms with E-state index in [1.807, 2.05) is 0 Å². The summed E-state index contributed by atoms with van der Waals surface area (Å²) in [6.45, 7) is 5.78. The van der Waals surface area contributed by atoms with Gasteiger partial charge in [0.1, 0.15) is 5.82 Å². The van der Waals surface area contributed by atoms with E-state index in [-0.39, 0.29) is 5.56 Å². The molecule has 0 saturated carbocycles. The standard InChI is InChI=1S/C21H31FO4/c1-3-5-7-9-16-14-25-21(26-15-16)18-11-10-17(13-19(18)22)20(23)24-12-8-6-4-2/h10-11,13,16,21H,3-9,12,14-15H2,1-2H3. The van der Waals surface area contributed by atoms with Crippen molar-refractivity contribution < 1.29 is 23.4 Å². The minimum atomic E-state index is -0.702. The number of carbonyl (C=O) groups is 1. The highest BCUT2D eigenvalue weighted by Gasteiger charge is 2.26. The highest BCUT2D eigenvalue weighted by Crippen LogP contribution is 2.29. The van der Waals surface area contributed by atoms with Crippen molar-refractivity contribution in [3.8, 4) is 0 Å². The normalized spacial score (nSPS) is 20.1. The number of ether oxygens (including phenoxy) is 3. The lowest BCUT2D eigenvalue weighted by atomic mass is 10.0. The second kappa shape index (κ2) is 11.3. The molecule has 0 atom stereocenters. The van der Waals surface area contributed by atoms with Crippen LogP contribution in [0.15, 0.2) is 18.2 Å². The molecule has 4 nitrogen and oxygen atoms in total. The zero-order chi connectivity index (χ0) is 18.8. The molecule has 1 aliphatic rings. The molecule has 1 heterocycles. The molecule has 0 unspecified atom stereocenters. The minimum absolute atomic E-state index is 0.219. The molecule has 0 bridgehead atoms. The van der Waals surface area contributed by atoms with Gasteiger partial charge in [-0.05, 0) is 25.0 Å². The van der Waals surface area contributed by atoms with Gasteiger partial charge in [-0.15, -0.1) is 0 Å². The summed E-state index contributed by atoms with van der Waals surface area (Å²) < 4.78 is 31.0. The Labute approximate surface area is 156 Å². The molecule has 2 rings (SSSR count). The fourth-order valence-corrected chi connectivity index (χ4v) is 3.02. The van der Waals surface area contributed by atoms with Gasteiger partial charge in [0.15, 0.2) is 6.29 Å². The van der Waals surface area contributed by atoms with Gasteiger partial charge in [0.25, 0.3) is 0 Å².